The van der Waals surface area contributed by atoms with Crippen molar-refractivity contribution >= 4 is 17.4 Å². The maximum Gasteiger partial charge on any atom is 0.145 e. The number of nitrogens with zero attached hydrogens (tertiary/aromatic N) is 2. The molecule has 0 saturated carbocycles. The Morgan fingerprint density at radius 2 is 1.70 bits per heavy atom. The summed E-state index contributed by atoms with van der Waals surface area (Å²) in [6, 6.07) is 15.4. The second-order valence-corrected chi connectivity index (χ2v) is 5.52. The van der Waals surface area contributed by atoms with Gasteiger partial charge in [0.25, 0.3) is 0 Å². The van der Waals surface area contributed by atoms with Crippen molar-refractivity contribution in [3.05, 3.63) is 77.2 Å². The number of aryl methyl sites for hydroxylation is 1. The maximum atomic E-state index is 5.76. The van der Waals surface area contributed by atoms with E-state index in [9.17, 15) is 0 Å². The van der Waals surface area contributed by atoms with Crippen LogP contribution in [0.1, 0.15) is 11.1 Å². The minimum atomic E-state index is 0.490. The zero-order valence-corrected chi connectivity index (χ0v) is 13.4. The molecule has 1 aromatic carbocycles. The van der Waals surface area contributed by atoms with Gasteiger partial charge in [0.2, 0.25) is 0 Å². The molecule has 0 radical (unpaired) electrons. The predicted octanol–water partition coefficient (Wildman–Crippen LogP) is 4.84. The summed E-state index contributed by atoms with van der Waals surface area (Å²) < 4.78 is 5.75. The average Bonchev–Trinajstić information content (AvgIpc) is 2.58. The molecule has 4 nitrogen and oxygen atoms in total. The van der Waals surface area contributed by atoms with Gasteiger partial charge < -0.3 is 10.1 Å². The maximum absolute atomic E-state index is 5.76. The molecule has 2 heterocycles. The fourth-order valence-electron chi connectivity index (χ4n) is 1.99. The summed E-state index contributed by atoms with van der Waals surface area (Å²) in [5.41, 5.74) is 2.24. The lowest BCUT2D eigenvalue weighted by atomic mass is 10.2. The number of pyridine rings is 2. The van der Waals surface area contributed by atoms with Crippen LogP contribution in [0.5, 0.6) is 11.5 Å². The molecule has 0 unspecified atom stereocenters. The van der Waals surface area contributed by atoms with Gasteiger partial charge in [-0.25, -0.2) is 9.97 Å². The molecule has 0 amide bonds. The molecule has 2 aromatic heterocycles. The van der Waals surface area contributed by atoms with Gasteiger partial charge in [0.15, 0.2) is 0 Å². The standard InChI is InChI=1S/C18H16ClN3O/c1-13-2-5-15(6-3-13)23-16-7-9-18(22-12-16)21-11-14-4-8-17(19)20-10-14/h2-10,12H,11H2,1H3,(H,21,22). The number of nitrogens with one attached hydrogen (secondary N) is 1. The predicted molar refractivity (Wildman–Crippen MR) is 92.1 cm³/mol. The highest BCUT2D eigenvalue weighted by molar-refractivity contribution is 6.29. The van der Waals surface area contributed by atoms with Crippen molar-refractivity contribution in [1.29, 1.82) is 0 Å². The quantitative estimate of drug-likeness (QED) is 0.682. The first-order chi connectivity index (χ1) is 11.2. The fraction of sp³-hybridized carbons (Fsp3) is 0.111. The number of ether oxygens (including phenoxy) is 1. The van der Waals surface area contributed by atoms with Gasteiger partial charge in [-0.3, -0.25) is 0 Å². The molecule has 0 atom stereocenters. The summed E-state index contributed by atoms with van der Waals surface area (Å²) in [6.07, 6.45) is 3.44. The number of anilines is 1. The molecule has 5 heteroatoms. The molecule has 1 N–H and O–H groups in total. The van der Waals surface area contributed by atoms with Gasteiger partial charge in [0.1, 0.15) is 22.5 Å². The number of hydrogen-bond donors (Lipinski definition) is 1. The SMILES string of the molecule is Cc1ccc(Oc2ccc(NCc3ccc(Cl)nc3)nc2)cc1. The third-order valence-electron chi connectivity index (χ3n) is 3.26. The number of rotatable bonds is 5. The van der Waals surface area contributed by atoms with Crippen molar-refractivity contribution < 1.29 is 4.74 Å². The Bertz CT molecular complexity index is 756. The van der Waals surface area contributed by atoms with Crippen molar-refractivity contribution in [2.75, 3.05) is 5.32 Å². The largest absolute Gasteiger partial charge is 0.456 e. The second kappa shape index (κ2) is 7.11. The van der Waals surface area contributed by atoms with E-state index in [-0.39, 0.29) is 0 Å². The molecule has 0 fully saturated rings. The Morgan fingerprint density at radius 3 is 2.35 bits per heavy atom. The Labute approximate surface area is 140 Å². The van der Waals surface area contributed by atoms with E-state index < -0.39 is 0 Å². The summed E-state index contributed by atoms with van der Waals surface area (Å²) in [5, 5.41) is 3.72. The molecule has 0 aliphatic carbocycles. The van der Waals surface area contributed by atoms with E-state index in [4.69, 9.17) is 16.3 Å². The van der Waals surface area contributed by atoms with Crippen molar-refractivity contribution in [3.63, 3.8) is 0 Å². The highest BCUT2D eigenvalue weighted by Crippen LogP contribution is 2.21. The van der Waals surface area contributed by atoms with Crippen LogP contribution in [0, 0.1) is 6.92 Å². The van der Waals surface area contributed by atoms with E-state index in [2.05, 4.69) is 15.3 Å². The molecule has 0 aliphatic heterocycles. The number of benzene rings is 1. The van der Waals surface area contributed by atoms with Crippen LogP contribution in [0.15, 0.2) is 60.9 Å². The highest BCUT2D eigenvalue weighted by atomic mass is 35.5. The smallest absolute Gasteiger partial charge is 0.145 e. The van der Waals surface area contributed by atoms with Gasteiger partial charge in [0.05, 0.1) is 6.20 Å². The lowest BCUT2D eigenvalue weighted by Crippen LogP contribution is -2.01. The van der Waals surface area contributed by atoms with Crippen LogP contribution in [0.3, 0.4) is 0 Å². The normalized spacial score (nSPS) is 10.3. The number of halogens is 1. The van der Waals surface area contributed by atoms with Crippen LogP contribution < -0.4 is 10.1 Å². The van der Waals surface area contributed by atoms with Crippen molar-refractivity contribution in [3.8, 4) is 11.5 Å². The highest BCUT2D eigenvalue weighted by Gasteiger charge is 2.00. The molecular formula is C18H16ClN3O. The minimum Gasteiger partial charge on any atom is -0.456 e. The first-order valence-corrected chi connectivity index (χ1v) is 7.62. The average molecular weight is 326 g/mol. The lowest BCUT2D eigenvalue weighted by Gasteiger charge is -2.08. The third-order valence-corrected chi connectivity index (χ3v) is 3.48. The summed E-state index contributed by atoms with van der Waals surface area (Å²) >= 11 is 5.76. The van der Waals surface area contributed by atoms with Crippen LogP contribution in [-0.4, -0.2) is 9.97 Å². The molecule has 3 aromatic rings. The Morgan fingerprint density at radius 1 is 0.913 bits per heavy atom. The van der Waals surface area contributed by atoms with Crippen molar-refractivity contribution in [2.24, 2.45) is 0 Å². The zero-order chi connectivity index (χ0) is 16.1. The molecule has 23 heavy (non-hydrogen) atoms. The minimum absolute atomic E-state index is 0.490. The molecule has 116 valence electrons. The van der Waals surface area contributed by atoms with Gasteiger partial charge in [-0.05, 0) is 42.8 Å². The zero-order valence-electron chi connectivity index (χ0n) is 12.7. The van der Waals surface area contributed by atoms with Gasteiger partial charge in [0, 0.05) is 12.7 Å². The van der Waals surface area contributed by atoms with Crippen molar-refractivity contribution in [1.82, 2.24) is 9.97 Å². The van der Waals surface area contributed by atoms with Gasteiger partial charge in [-0.2, -0.15) is 0 Å². The topological polar surface area (TPSA) is 47.0 Å². The van der Waals surface area contributed by atoms with E-state index in [0.717, 1.165) is 17.1 Å². The van der Waals surface area contributed by atoms with Gasteiger partial charge in [-0.15, -0.1) is 0 Å². The van der Waals surface area contributed by atoms with Crippen LogP contribution in [-0.2, 0) is 6.54 Å². The number of aromatic nitrogens is 2. The molecule has 0 bridgehead atoms. The third kappa shape index (κ3) is 4.44. The second-order valence-electron chi connectivity index (χ2n) is 5.14. The Hall–Kier alpha value is -2.59. The summed E-state index contributed by atoms with van der Waals surface area (Å²) in [7, 11) is 0. The first kappa shape index (κ1) is 15.3. The monoisotopic (exact) mass is 325 g/mol. The molecule has 3 rings (SSSR count). The van der Waals surface area contributed by atoms with Crippen LogP contribution >= 0.6 is 11.6 Å². The van der Waals surface area contributed by atoms with Crippen LogP contribution in [0.2, 0.25) is 5.15 Å². The lowest BCUT2D eigenvalue weighted by molar-refractivity contribution is 0.480. The Kier molecular flexibility index (Phi) is 4.74. The van der Waals surface area contributed by atoms with Gasteiger partial charge >= 0.3 is 0 Å². The van der Waals surface area contributed by atoms with Crippen LogP contribution in [0.4, 0.5) is 5.82 Å². The van der Waals surface area contributed by atoms with Crippen LogP contribution in [0.25, 0.3) is 0 Å². The van der Waals surface area contributed by atoms with Gasteiger partial charge in [-0.1, -0.05) is 35.4 Å². The van der Waals surface area contributed by atoms with Crippen molar-refractivity contribution in [2.45, 2.75) is 13.5 Å². The first-order valence-electron chi connectivity index (χ1n) is 7.24. The molecule has 0 saturated heterocycles. The molecular weight excluding hydrogens is 310 g/mol. The molecule has 0 aliphatic rings. The fourth-order valence-corrected chi connectivity index (χ4v) is 2.10. The summed E-state index contributed by atoms with van der Waals surface area (Å²) in [6.45, 7) is 2.68. The van der Waals surface area contributed by atoms with E-state index >= 15 is 0 Å². The van der Waals surface area contributed by atoms with E-state index in [0.29, 0.717) is 17.4 Å². The number of hydrogen-bond acceptors (Lipinski definition) is 4. The van der Waals surface area contributed by atoms with E-state index in [1.807, 2.05) is 49.4 Å². The summed E-state index contributed by atoms with van der Waals surface area (Å²) in [4.78, 5) is 8.39. The molecule has 0 spiro atoms. The Balaban J connectivity index is 1.58. The van der Waals surface area contributed by atoms with E-state index in [1.54, 1.807) is 18.5 Å². The van der Waals surface area contributed by atoms with E-state index in [1.165, 1.54) is 5.56 Å². The summed E-state index contributed by atoms with van der Waals surface area (Å²) in [5.74, 6) is 2.27.